The summed E-state index contributed by atoms with van der Waals surface area (Å²) >= 11 is 1.43. The van der Waals surface area contributed by atoms with Gasteiger partial charge in [-0.15, -0.1) is 11.3 Å². The van der Waals surface area contributed by atoms with Gasteiger partial charge < -0.3 is 15.1 Å². The van der Waals surface area contributed by atoms with E-state index in [0.29, 0.717) is 26.2 Å². The minimum atomic E-state index is -0.671. The lowest BCUT2D eigenvalue weighted by Gasteiger charge is -2.31. The second-order valence-corrected chi connectivity index (χ2v) is 7.60. The molecule has 1 fully saturated rings. The molecular formula is C19H22F2N3O2S+. The lowest BCUT2D eigenvalue weighted by molar-refractivity contribution is -0.896. The minimum absolute atomic E-state index is 0.0360. The first-order chi connectivity index (χ1) is 12.9. The molecule has 144 valence electrons. The zero-order valence-electron chi connectivity index (χ0n) is 15.0. The second kappa shape index (κ2) is 8.58. The zero-order chi connectivity index (χ0) is 19.4. The summed E-state index contributed by atoms with van der Waals surface area (Å²) in [6, 6.07) is 6.46. The van der Waals surface area contributed by atoms with Crippen molar-refractivity contribution in [3.8, 4) is 0 Å². The van der Waals surface area contributed by atoms with Gasteiger partial charge in [-0.3, -0.25) is 9.59 Å². The monoisotopic (exact) mass is 394 g/mol. The molecular weight excluding hydrogens is 372 g/mol. The Morgan fingerprint density at radius 1 is 1.26 bits per heavy atom. The average Bonchev–Trinajstić information content (AvgIpc) is 3.16. The maximum Gasteiger partial charge on any atom is 0.275 e. The third-order valence-corrected chi connectivity index (χ3v) is 5.56. The number of hydrogen-bond donors (Lipinski definition) is 2. The smallest absolute Gasteiger partial charge is 0.275 e. The average molecular weight is 394 g/mol. The Labute approximate surface area is 160 Å². The maximum atomic E-state index is 13.8. The summed E-state index contributed by atoms with van der Waals surface area (Å²) in [7, 11) is 0. The fourth-order valence-electron chi connectivity index (χ4n) is 3.21. The van der Waals surface area contributed by atoms with E-state index in [9.17, 15) is 18.4 Å². The Hall–Kier alpha value is -2.32. The van der Waals surface area contributed by atoms with E-state index in [4.69, 9.17) is 0 Å². The van der Waals surface area contributed by atoms with Gasteiger partial charge in [0.05, 0.1) is 37.1 Å². The summed E-state index contributed by atoms with van der Waals surface area (Å²) in [4.78, 5) is 28.2. The molecule has 2 heterocycles. The molecule has 0 saturated carbocycles. The molecule has 1 aromatic carbocycles. The van der Waals surface area contributed by atoms with Gasteiger partial charge in [0.25, 0.3) is 11.8 Å². The molecule has 2 amide bonds. The van der Waals surface area contributed by atoms with Crippen LogP contribution in [0.1, 0.15) is 28.2 Å². The van der Waals surface area contributed by atoms with Crippen molar-refractivity contribution in [2.45, 2.75) is 13.0 Å². The van der Waals surface area contributed by atoms with Gasteiger partial charge in [-0.1, -0.05) is 12.1 Å². The topological polar surface area (TPSA) is 53.9 Å². The largest absolute Gasteiger partial charge is 0.345 e. The van der Waals surface area contributed by atoms with E-state index in [2.05, 4.69) is 5.32 Å². The first-order valence-electron chi connectivity index (χ1n) is 8.84. The summed E-state index contributed by atoms with van der Waals surface area (Å²) < 4.78 is 26.8. The Kier molecular flexibility index (Phi) is 6.18. The van der Waals surface area contributed by atoms with E-state index in [-0.39, 0.29) is 23.9 Å². The molecule has 1 saturated heterocycles. The van der Waals surface area contributed by atoms with E-state index in [1.54, 1.807) is 6.92 Å². The molecule has 0 aliphatic carbocycles. The number of carbonyl (C=O) groups is 2. The van der Waals surface area contributed by atoms with Crippen LogP contribution in [-0.2, 0) is 4.79 Å². The molecule has 5 nitrogen and oxygen atoms in total. The van der Waals surface area contributed by atoms with Crippen LogP contribution >= 0.6 is 11.3 Å². The van der Waals surface area contributed by atoms with Crippen LogP contribution < -0.4 is 10.2 Å². The van der Waals surface area contributed by atoms with Crippen LogP contribution in [0.15, 0.2) is 35.7 Å². The molecule has 0 spiro atoms. The van der Waals surface area contributed by atoms with Gasteiger partial charge in [0.15, 0.2) is 6.54 Å². The van der Waals surface area contributed by atoms with E-state index >= 15 is 0 Å². The molecule has 8 heteroatoms. The van der Waals surface area contributed by atoms with Gasteiger partial charge in [0.2, 0.25) is 0 Å². The third kappa shape index (κ3) is 4.90. The predicted molar refractivity (Wildman–Crippen MR) is 98.7 cm³/mol. The molecule has 1 atom stereocenters. The maximum absolute atomic E-state index is 13.8. The molecule has 1 aliphatic rings. The number of rotatable bonds is 5. The first-order valence-corrected chi connectivity index (χ1v) is 9.72. The molecule has 0 unspecified atom stereocenters. The molecule has 0 radical (unpaired) electrons. The molecule has 1 aromatic heterocycles. The molecule has 2 aromatic rings. The first kappa shape index (κ1) is 19.4. The van der Waals surface area contributed by atoms with Crippen LogP contribution in [0.25, 0.3) is 0 Å². The van der Waals surface area contributed by atoms with Gasteiger partial charge in [0, 0.05) is 11.6 Å². The Bertz CT molecular complexity index is 805. The number of amides is 2. The number of thiophene rings is 1. The van der Waals surface area contributed by atoms with Crippen LogP contribution in [0.4, 0.5) is 8.78 Å². The summed E-state index contributed by atoms with van der Waals surface area (Å²) in [5.74, 6) is -1.47. The van der Waals surface area contributed by atoms with Crippen molar-refractivity contribution in [2.24, 2.45) is 0 Å². The number of halogens is 2. The van der Waals surface area contributed by atoms with Crippen molar-refractivity contribution in [3.05, 3.63) is 57.8 Å². The van der Waals surface area contributed by atoms with Crippen molar-refractivity contribution in [3.63, 3.8) is 0 Å². The number of benzene rings is 1. The standard InChI is InChI=1S/C19H21F2N3O2S/c1-13(15-5-4-14(20)11-16(15)21)22-18(25)12-23-6-8-24(9-7-23)19(26)17-3-2-10-27-17/h2-5,10-11,13H,6-9,12H2,1H3,(H,22,25)/p+1/t13-/m0/s1. The van der Waals surface area contributed by atoms with Gasteiger partial charge in [-0.05, 0) is 24.4 Å². The Morgan fingerprint density at radius 2 is 2.00 bits per heavy atom. The van der Waals surface area contributed by atoms with Crippen molar-refractivity contribution in [1.82, 2.24) is 10.2 Å². The minimum Gasteiger partial charge on any atom is -0.345 e. The van der Waals surface area contributed by atoms with Crippen LogP contribution in [0.2, 0.25) is 0 Å². The molecule has 27 heavy (non-hydrogen) atoms. The normalized spacial score (nSPS) is 16.2. The Balaban J connectivity index is 1.47. The number of nitrogens with one attached hydrogen (secondary N) is 2. The van der Waals surface area contributed by atoms with Gasteiger partial charge in [0.1, 0.15) is 11.6 Å². The number of carbonyl (C=O) groups excluding carboxylic acids is 2. The van der Waals surface area contributed by atoms with Gasteiger partial charge in [-0.25, -0.2) is 8.78 Å². The number of hydrogen-bond acceptors (Lipinski definition) is 3. The lowest BCUT2D eigenvalue weighted by atomic mass is 10.1. The fourth-order valence-corrected chi connectivity index (χ4v) is 3.90. The number of piperazine rings is 1. The highest BCUT2D eigenvalue weighted by Crippen LogP contribution is 2.17. The zero-order valence-corrected chi connectivity index (χ0v) is 15.8. The van der Waals surface area contributed by atoms with Crippen LogP contribution in [0.3, 0.4) is 0 Å². The molecule has 3 rings (SSSR count). The Morgan fingerprint density at radius 3 is 2.63 bits per heavy atom. The van der Waals surface area contributed by atoms with Crippen molar-refractivity contribution in [2.75, 3.05) is 32.7 Å². The van der Waals surface area contributed by atoms with Crippen molar-refractivity contribution < 1.29 is 23.3 Å². The molecule has 0 bridgehead atoms. The van der Waals surface area contributed by atoms with E-state index < -0.39 is 17.7 Å². The van der Waals surface area contributed by atoms with Gasteiger partial charge >= 0.3 is 0 Å². The summed E-state index contributed by atoms with van der Waals surface area (Å²) in [5, 5.41) is 4.64. The van der Waals surface area contributed by atoms with Gasteiger partial charge in [-0.2, -0.15) is 0 Å². The third-order valence-electron chi connectivity index (χ3n) is 4.71. The molecule has 2 N–H and O–H groups in total. The molecule has 1 aliphatic heterocycles. The van der Waals surface area contributed by atoms with Crippen LogP contribution in [0.5, 0.6) is 0 Å². The van der Waals surface area contributed by atoms with Crippen molar-refractivity contribution in [1.29, 1.82) is 0 Å². The summed E-state index contributed by atoms with van der Waals surface area (Å²) in [5.41, 5.74) is 0.256. The SMILES string of the molecule is C[C@H](NC(=O)C[NH+]1CCN(C(=O)c2cccs2)CC1)c1ccc(F)cc1F. The van der Waals surface area contributed by atoms with E-state index in [1.807, 2.05) is 22.4 Å². The highest BCUT2D eigenvalue weighted by Gasteiger charge is 2.26. The van der Waals surface area contributed by atoms with Crippen LogP contribution in [-0.4, -0.2) is 49.4 Å². The summed E-state index contributed by atoms with van der Waals surface area (Å²) in [6.45, 7) is 4.49. The lowest BCUT2D eigenvalue weighted by Crippen LogP contribution is -3.15. The van der Waals surface area contributed by atoms with Crippen LogP contribution in [0, 0.1) is 11.6 Å². The van der Waals surface area contributed by atoms with E-state index in [0.717, 1.165) is 15.8 Å². The highest BCUT2D eigenvalue weighted by atomic mass is 32.1. The highest BCUT2D eigenvalue weighted by molar-refractivity contribution is 7.12. The van der Waals surface area contributed by atoms with E-state index in [1.165, 1.54) is 23.5 Å². The van der Waals surface area contributed by atoms with Crippen molar-refractivity contribution >= 4 is 23.2 Å². The second-order valence-electron chi connectivity index (χ2n) is 6.65. The fraction of sp³-hybridized carbons (Fsp3) is 0.368. The predicted octanol–water partition coefficient (Wildman–Crippen LogP) is 1.24. The number of quaternary nitrogens is 1. The quantitative estimate of drug-likeness (QED) is 0.802. The number of nitrogens with zero attached hydrogens (tertiary/aromatic N) is 1. The summed E-state index contributed by atoms with van der Waals surface area (Å²) in [6.07, 6.45) is 0.